The van der Waals surface area contributed by atoms with E-state index in [-0.39, 0.29) is 0 Å². The van der Waals surface area contributed by atoms with Gasteiger partial charge in [-0.2, -0.15) is 15.1 Å². The number of benzene rings is 1. The van der Waals surface area contributed by atoms with Crippen LogP contribution in [0.2, 0.25) is 0 Å². The molecule has 1 N–H and O–H groups in total. The number of hydrogen-bond donors (Lipinski definition) is 1. The van der Waals surface area contributed by atoms with E-state index < -0.39 is 0 Å². The average molecular weight is 429 g/mol. The van der Waals surface area contributed by atoms with Crippen molar-refractivity contribution in [1.82, 2.24) is 24.5 Å². The monoisotopic (exact) mass is 428 g/mol. The van der Waals surface area contributed by atoms with E-state index in [9.17, 15) is 0 Å². The highest BCUT2D eigenvalue weighted by atomic mass is 16.5. The maximum atomic E-state index is 5.49. The minimum absolute atomic E-state index is 0.556. The van der Waals surface area contributed by atoms with Gasteiger partial charge in [0.2, 0.25) is 5.95 Å². The third-order valence-electron chi connectivity index (χ3n) is 5.34. The van der Waals surface area contributed by atoms with Crippen molar-refractivity contribution < 1.29 is 4.74 Å². The van der Waals surface area contributed by atoms with Crippen molar-refractivity contribution in [1.29, 1.82) is 0 Å². The molecular formula is C23H24N8O. The smallest absolute Gasteiger partial charge is 0.229 e. The molecule has 1 saturated heterocycles. The van der Waals surface area contributed by atoms with Crippen LogP contribution in [0.5, 0.6) is 0 Å². The Hall–Kier alpha value is -3.85. The molecule has 9 nitrogen and oxygen atoms in total. The number of aromatic nitrogens is 5. The van der Waals surface area contributed by atoms with Crippen LogP contribution in [0.3, 0.4) is 0 Å². The van der Waals surface area contributed by atoms with Gasteiger partial charge in [0.15, 0.2) is 17.0 Å². The number of anilines is 2. The summed E-state index contributed by atoms with van der Waals surface area (Å²) in [6.45, 7) is 6.79. The fourth-order valence-corrected chi connectivity index (χ4v) is 3.70. The molecule has 4 heterocycles. The van der Waals surface area contributed by atoms with Gasteiger partial charge in [-0.3, -0.25) is 15.0 Å². The van der Waals surface area contributed by atoms with Crippen molar-refractivity contribution in [2.75, 3.05) is 36.6 Å². The van der Waals surface area contributed by atoms with Crippen molar-refractivity contribution in [3.05, 3.63) is 65.7 Å². The fourth-order valence-electron chi connectivity index (χ4n) is 3.70. The number of nitrogens with one attached hydrogen (secondary N) is 1. The summed E-state index contributed by atoms with van der Waals surface area (Å²) in [6.07, 6.45) is 5.30. The molecule has 32 heavy (non-hydrogen) atoms. The Kier molecular flexibility index (Phi) is 5.47. The molecular weight excluding hydrogens is 404 g/mol. The largest absolute Gasteiger partial charge is 0.378 e. The van der Waals surface area contributed by atoms with Gasteiger partial charge in [0.1, 0.15) is 6.33 Å². The van der Waals surface area contributed by atoms with Crippen LogP contribution < -0.4 is 10.3 Å². The summed E-state index contributed by atoms with van der Waals surface area (Å²) in [7, 11) is 0. The number of nitrogens with zero attached hydrogens (tertiary/aromatic N) is 7. The molecule has 0 unspecified atom stereocenters. The standard InChI is InChI=1S/C23H24N8O/c1-16-5-3-6-18(13-16)14-26-29-21-20-22(28-23(27-21)30-9-11-32-12-10-30)31(15-25-20)19-7-4-8-24-17(19)2/h3-8,13-15H,9-12H2,1-2H3,(H,27,28,29)/b26-14+. The lowest BCUT2D eigenvalue weighted by Gasteiger charge is -2.27. The van der Waals surface area contributed by atoms with Crippen LogP contribution >= 0.6 is 0 Å². The van der Waals surface area contributed by atoms with Crippen LogP contribution in [0.4, 0.5) is 11.8 Å². The summed E-state index contributed by atoms with van der Waals surface area (Å²) in [5.41, 5.74) is 8.44. The molecule has 0 atom stereocenters. The Morgan fingerprint density at radius 1 is 1.06 bits per heavy atom. The number of morpholine rings is 1. The number of pyridine rings is 1. The highest BCUT2D eigenvalue weighted by Crippen LogP contribution is 2.26. The zero-order valence-corrected chi connectivity index (χ0v) is 18.1. The Bertz CT molecular complexity index is 1280. The first kappa shape index (κ1) is 20.1. The lowest BCUT2D eigenvalue weighted by atomic mass is 10.2. The Morgan fingerprint density at radius 2 is 1.94 bits per heavy atom. The lowest BCUT2D eigenvalue weighted by Crippen LogP contribution is -2.37. The van der Waals surface area contributed by atoms with Crippen LogP contribution in [-0.2, 0) is 4.74 Å². The fraction of sp³-hybridized carbons (Fsp3) is 0.261. The van der Waals surface area contributed by atoms with Gasteiger partial charge in [-0.15, -0.1) is 0 Å². The summed E-state index contributed by atoms with van der Waals surface area (Å²) in [5.74, 6) is 1.18. The predicted octanol–water partition coefficient (Wildman–Crippen LogP) is 3.11. The van der Waals surface area contributed by atoms with Gasteiger partial charge in [0, 0.05) is 19.3 Å². The maximum Gasteiger partial charge on any atom is 0.229 e. The summed E-state index contributed by atoms with van der Waals surface area (Å²) in [6, 6.07) is 12.0. The Balaban J connectivity index is 1.57. The van der Waals surface area contributed by atoms with E-state index in [0.717, 1.165) is 30.0 Å². The third-order valence-corrected chi connectivity index (χ3v) is 5.34. The van der Waals surface area contributed by atoms with Gasteiger partial charge in [0.05, 0.1) is 30.8 Å². The van der Waals surface area contributed by atoms with Gasteiger partial charge in [-0.1, -0.05) is 29.8 Å². The number of aryl methyl sites for hydroxylation is 2. The normalized spacial score (nSPS) is 14.4. The first-order valence-corrected chi connectivity index (χ1v) is 10.5. The van der Waals surface area contributed by atoms with Crippen LogP contribution in [0.25, 0.3) is 16.9 Å². The molecule has 1 fully saturated rings. The van der Waals surface area contributed by atoms with E-state index in [0.29, 0.717) is 36.1 Å². The molecule has 0 amide bonds. The first-order chi connectivity index (χ1) is 15.7. The molecule has 0 aliphatic carbocycles. The molecule has 4 aromatic rings. The minimum atomic E-state index is 0.556. The molecule has 0 saturated carbocycles. The number of imidazole rings is 1. The van der Waals surface area contributed by atoms with E-state index >= 15 is 0 Å². The average Bonchev–Trinajstić information content (AvgIpc) is 3.24. The summed E-state index contributed by atoms with van der Waals surface area (Å²) in [4.78, 5) is 20.7. The minimum Gasteiger partial charge on any atom is -0.378 e. The maximum absolute atomic E-state index is 5.49. The predicted molar refractivity (Wildman–Crippen MR) is 125 cm³/mol. The second kappa shape index (κ2) is 8.72. The molecule has 3 aromatic heterocycles. The molecule has 0 spiro atoms. The van der Waals surface area contributed by atoms with Crippen LogP contribution in [0, 0.1) is 13.8 Å². The van der Waals surface area contributed by atoms with Crippen LogP contribution in [-0.4, -0.2) is 57.0 Å². The summed E-state index contributed by atoms with van der Waals surface area (Å²) < 4.78 is 7.44. The highest BCUT2D eigenvalue weighted by molar-refractivity contribution is 5.87. The van der Waals surface area contributed by atoms with Crippen molar-refractivity contribution in [3.8, 4) is 5.69 Å². The van der Waals surface area contributed by atoms with E-state index in [1.165, 1.54) is 5.56 Å². The molecule has 1 aliphatic heterocycles. The van der Waals surface area contributed by atoms with Crippen molar-refractivity contribution in [2.24, 2.45) is 5.10 Å². The Labute approximate surface area is 185 Å². The molecule has 162 valence electrons. The van der Waals surface area contributed by atoms with E-state index in [1.54, 1.807) is 18.7 Å². The molecule has 5 rings (SSSR count). The second-order valence-corrected chi connectivity index (χ2v) is 7.65. The number of ether oxygens (including phenoxy) is 1. The molecule has 0 bridgehead atoms. The van der Waals surface area contributed by atoms with E-state index in [2.05, 4.69) is 44.5 Å². The lowest BCUT2D eigenvalue weighted by molar-refractivity contribution is 0.122. The number of rotatable bonds is 5. The second-order valence-electron chi connectivity index (χ2n) is 7.65. The molecule has 1 aromatic carbocycles. The topological polar surface area (TPSA) is 93.4 Å². The number of fused-ring (bicyclic) bond motifs is 1. The van der Waals surface area contributed by atoms with Crippen molar-refractivity contribution in [2.45, 2.75) is 13.8 Å². The first-order valence-electron chi connectivity index (χ1n) is 10.5. The third kappa shape index (κ3) is 4.02. The van der Waals surface area contributed by atoms with Crippen LogP contribution in [0.1, 0.15) is 16.8 Å². The van der Waals surface area contributed by atoms with Crippen molar-refractivity contribution >= 4 is 29.1 Å². The summed E-state index contributed by atoms with van der Waals surface area (Å²) in [5, 5.41) is 4.42. The Morgan fingerprint density at radius 3 is 2.75 bits per heavy atom. The molecule has 0 radical (unpaired) electrons. The molecule has 1 aliphatic rings. The van der Waals surface area contributed by atoms with E-state index in [4.69, 9.17) is 14.7 Å². The zero-order valence-electron chi connectivity index (χ0n) is 18.1. The number of hydrogen-bond acceptors (Lipinski definition) is 8. The van der Waals surface area contributed by atoms with Gasteiger partial charge in [0.25, 0.3) is 0 Å². The van der Waals surface area contributed by atoms with Gasteiger partial charge < -0.3 is 9.64 Å². The van der Waals surface area contributed by atoms with E-state index in [1.807, 2.05) is 35.8 Å². The quantitative estimate of drug-likeness (QED) is 0.386. The van der Waals surface area contributed by atoms with Crippen molar-refractivity contribution in [3.63, 3.8) is 0 Å². The number of hydrazone groups is 1. The molecule has 9 heteroatoms. The zero-order chi connectivity index (χ0) is 21.9. The van der Waals surface area contributed by atoms with Gasteiger partial charge in [-0.05, 0) is 31.5 Å². The van der Waals surface area contributed by atoms with Gasteiger partial charge in [-0.25, -0.2) is 4.98 Å². The highest BCUT2D eigenvalue weighted by Gasteiger charge is 2.20. The van der Waals surface area contributed by atoms with Crippen LogP contribution in [0.15, 0.2) is 54.0 Å². The van der Waals surface area contributed by atoms with Gasteiger partial charge >= 0.3 is 0 Å². The summed E-state index contributed by atoms with van der Waals surface area (Å²) >= 11 is 0. The SMILES string of the molecule is Cc1cccc(/C=N/Nc2nc(N3CCOCC3)nc3c2ncn3-c2cccnc2C)c1.